The molecule has 8 rings (SSSR count). The van der Waals surface area contributed by atoms with Crippen LogP contribution in [0.3, 0.4) is 0 Å². The topological polar surface area (TPSA) is 453 Å². The summed E-state index contributed by atoms with van der Waals surface area (Å²) >= 11 is 0. The smallest absolute Gasteiger partial charge is 0.459 e. The van der Waals surface area contributed by atoms with Crippen LogP contribution in [0.5, 0.6) is 0 Å². The van der Waals surface area contributed by atoms with Crippen LogP contribution in [0.1, 0.15) is 24.0 Å². The van der Waals surface area contributed by atoms with E-state index in [1.807, 2.05) is 36.4 Å². The summed E-state index contributed by atoms with van der Waals surface area (Å²) in [5, 5.41) is 41.3. The Kier molecular flexibility index (Phi) is 17.4. The molecule has 35 heteroatoms. The number of hydrogen-bond donors (Lipinski definition) is 10. The van der Waals surface area contributed by atoms with Crippen molar-refractivity contribution in [2.75, 3.05) is 13.2 Å². The van der Waals surface area contributed by atoms with Gasteiger partial charge in [-0.1, -0.05) is 48.5 Å². The molecule has 0 aliphatic carbocycles. The van der Waals surface area contributed by atoms with Gasteiger partial charge in [-0.05, 0) is 24.3 Å². The molecule has 0 radical (unpaired) electrons. The Balaban J connectivity index is 0.000000216. The minimum Gasteiger partial charge on any atom is -0.459 e. The van der Waals surface area contributed by atoms with Crippen LogP contribution in [0, 0.1) is 0 Å². The van der Waals surface area contributed by atoms with Crippen LogP contribution < -0.4 is 22.5 Å². The van der Waals surface area contributed by atoms with Gasteiger partial charge in [-0.15, -0.1) is 0 Å². The van der Waals surface area contributed by atoms with Gasteiger partial charge in [-0.3, -0.25) is 36.9 Å². The molecule has 10 N–H and O–H groups in total. The van der Waals surface area contributed by atoms with Crippen LogP contribution in [0.2, 0.25) is 0 Å². The molecule has 4 aromatic heterocycles. The molecule has 2 fully saturated rings. The van der Waals surface area contributed by atoms with E-state index in [0.29, 0.717) is 17.1 Å². The monoisotopic (exact) mass is 1120 g/mol. The van der Waals surface area contributed by atoms with E-state index in [9.17, 15) is 67.7 Å². The number of aliphatic hydroxyl groups excluding tert-OH is 4. The molecule has 31 nitrogen and oxygen atoms in total. The Morgan fingerprint density at radius 1 is 0.527 bits per heavy atom. The van der Waals surface area contributed by atoms with Crippen molar-refractivity contribution in [2.24, 2.45) is 0 Å². The number of benzene rings is 2. The highest BCUT2D eigenvalue weighted by Gasteiger charge is 2.47. The number of aliphatic hydroxyl groups is 4. The van der Waals surface area contributed by atoms with E-state index in [-0.39, 0.29) is 24.7 Å². The lowest BCUT2D eigenvalue weighted by Crippen LogP contribution is -2.43. The number of ether oxygens (including phenoxy) is 2. The predicted octanol–water partition coefficient (Wildman–Crippen LogP) is -0.277. The number of phosphoric ester groups is 2. The quantitative estimate of drug-likeness (QED) is 0.0495. The summed E-state index contributed by atoms with van der Waals surface area (Å²) in [4.78, 5) is 108. The van der Waals surface area contributed by atoms with Crippen molar-refractivity contribution in [3.63, 3.8) is 0 Å². The van der Waals surface area contributed by atoms with Gasteiger partial charge in [-0.2, -0.15) is 8.62 Å². The van der Waals surface area contributed by atoms with Crippen LogP contribution in [0.4, 0.5) is 0 Å². The fourth-order valence-electron chi connectivity index (χ4n) is 7.21. The lowest BCUT2D eigenvalue weighted by atomic mass is 10.1. The summed E-state index contributed by atoms with van der Waals surface area (Å²) < 4.78 is 86.3. The highest BCUT2D eigenvalue weighted by atomic mass is 31.3. The number of nitrogens with zero attached hydrogens (tertiary/aromatic N) is 5. The zero-order valence-corrected chi connectivity index (χ0v) is 40.9. The molecular formula is C39H43N5O26P4. The van der Waals surface area contributed by atoms with E-state index in [1.54, 1.807) is 36.4 Å². The lowest BCUT2D eigenvalue weighted by molar-refractivity contribution is -0.0548. The Morgan fingerprint density at radius 3 is 1.41 bits per heavy atom. The second-order valence-electron chi connectivity index (χ2n) is 15.8. The van der Waals surface area contributed by atoms with Gasteiger partial charge in [0.2, 0.25) is 5.89 Å². The van der Waals surface area contributed by atoms with Gasteiger partial charge in [-0.25, -0.2) is 32.8 Å². The van der Waals surface area contributed by atoms with Crippen LogP contribution in [0.25, 0.3) is 22.8 Å². The molecule has 0 saturated carbocycles. The molecule has 2 saturated heterocycles. The first-order chi connectivity index (χ1) is 34.7. The minimum atomic E-state index is -5.38. The number of rotatable bonds is 18. The van der Waals surface area contributed by atoms with Gasteiger partial charge in [0.1, 0.15) is 53.9 Å². The van der Waals surface area contributed by atoms with Gasteiger partial charge in [0.25, 0.3) is 11.1 Å². The minimum absolute atomic E-state index is 0.179. The maximum absolute atomic E-state index is 13.1. The second-order valence-corrected chi connectivity index (χ2v) is 21.4. The lowest BCUT2D eigenvalue weighted by Gasteiger charge is -2.19. The molecule has 2 aliphatic heterocycles. The Bertz CT molecular complexity index is 3150. The van der Waals surface area contributed by atoms with Gasteiger partial charge in [0, 0.05) is 35.7 Å². The number of phosphoric acid groups is 4. The van der Waals surface area contributed by atoms with E-state index < -0.39 is 116 Å². The normalized spacial score (nSPS) is 23.7. The Morgan fingerprint density at radius 2 is 0.959 bits per heavy atom. The number of furan rings is 1. The Labute approximate surface area is 412 Å². The molecule has 6 unspecified atom stereocenters. The third-order valence-corrected chi connectivity index (χ3v) is 14.9. The molecule has 6 aromatic rings. The molecule has 2 aromatic carbocycles. The van der Waals surface area contributed by atoms with E-state index in [4.69, 9.17) is 37.9 Å². The molecule has 0 amide bonds. The molecule has 6 heterocycles. The van der Waals surface area contributed by atoms with Crippen molar-refractivity contribution in [1.82, 2.24) is 23.3 Å². The summed E-state index contributed by atoms with van der Waals surface area (Å²) in [6.45, 7) is -2.46. The van der Waals surface area contributed by atoms with E-state index in [1.165, 1.54) is 6.20 Å². The van der Waals surface area contributed by atoms with Crippen molar-refractivity contribution >= 4 is 31.3 Å². The maximum atomic E-state index is 13.1. The van der Waals surface area contributed by atoms with E-state index in [0.717, 1.165) is 48.4 Å². The number of hydrogen-bond acceptors (Lipinski definition) is 21. The van der Waals surface area contributed by atoms with Crippen LogP contribution in [0.15, 0.2) is 132 Å². The van der Waals surface area contributed by atoms with Crippen molar-refractivity contribution in [3.05, 3.63) is 157 Å². The molecule has 0 spiro atoms. The zero-order chi connectivity index (χ0) is 53.9. The summed E-state index contributed by atoms with van der Waals surface area (Å²) in [7, 11) is -21.3. The highest BCUT2D eigenvalue weighted by Crippen LogP contribution is 2.58. The zero-order valence-electron chi connectivity index (χ0n) is 37.3. The van der Waals surface area contributed by atoms with Crippen molar-refractivity contribution in [3.8, 4) is 22.8 Å². The van der Waals surface area contributed by atoms with Crippen LogP contribution in [-0.4, -0.2) is 123 Å². The largest absolute Gasteiger partial charge is 0.481 e. The molecule has 0 bridgehead atoms. The van der Waals surface area contributed by atoms with Crippen LogP contribution >= 0.6 is 31.3 Å². The standard InChI is InChI=1S/C20H22N2O13P2.C19H21N3O13P2/c23-16-8-9-21(19-18(25)17(24)15(34-19)11-32-37(30,31)35-36(27,28)29)20(26)22(16)10-13-6-7-14(33-13)12-4-2-1-3-5-12;23-14-6-7-21(18-16(25)15(24)13(34-18)10-32-37(30,31)35-36(27,28)29)19(26)22(14)9-12-8-20-17(33-12)11-4-2-1-3-5-11/h1-9,15,17-19,24-25H,10-11H2,(H,30,31)(H2,27,28,29);1-8,13,15-16,18,24-25H,9-10H2,(H,30,31)(H2,27,28,29)/t15-,17?,18?,19-;13-,15?,16?,18-/m11/s1. The summed E-state index contributed by atoms with van der Waals surface area (Å²) in [5.41, 5.74) is -1.78. The predicted molar refractivity (Wildman–Crippen MR) is 244 cm³/mol. The Hall–Kier alpha value is -5.43. The fourth-order valence-corrected chi connectivity index (χ4v) is 10.4. The van der Waals surface area contributed by atoms with Gasteiger partial charge < -0.3 is 68.1 Å². The third kappa shape index (κ3) is 14.1. The molecule has 74 heavy (non-hydrogen) atoms. The van der Waals surface area contributed by atoms with Crippen molar-refractivity contribution in [1.29, 1.82) is 0 Å². The average Bonchev–Trinajstić information content (AvgIpc) is 4.12. The van der Waals surface area contributed by atoms with Crippen molar-refractivity contribution in [2.45, 2.75) is 62.2 Å². The molecule has 2 aliphatic rings. The fraction of sp³-hybridized carbons (Fsp3) is 0.308. The molecular weight excluding hydrogens is 1080 g/mol. The first-order valence-corrected chi connectivity index (χ1v) is 27.0. The van der Waals surface area contributed by atoms with Crippen LogP contribution in [-0.2, 0) is 58.5 Å². The highest BCUT2D eigenvalue weighted by molar-refractivity contribution is 7.61. The summed E-state index contributed by atoms with van der Waals surface area (Å²) in [5.74, 6) is 1.26. The van der Waals surface area contributed by atoms with Gasteiger partial charge in [0.15, 0.2) is 12.5 Å². The first kappa shape index (κ1) is 56.3. The average molecular weight is 1120 g/mol. The second kappa shape index (κ2) is 22.8. The third-order valence-electron chi connectivity index (χ3n) is 10.6. The maximum Gasteiger partial charge on any atom is 0.481 e. The first-order valence-electron chi connectivity index (χ1n) is 21.0. The van der Waals surface area contributed by atoms with Gasteiger partial charge in [0.05, 0.1) is 32.5 Å². The summed E-state index contributed by atoms with van der Waals surface area (Å²) in [6, 6.07) is 23.3. The molecule has 400 valence electrons. The number of aromatic nitrogens is 5. The van der Waals surface area contributed by atoms with E-state index in [2.05, 4.69) is 22.7 Å². The number of oxazole rings is 1. The molecule has 10 atom stereocenters. The summed E-state index contributed by atoms with van der Waals surface area (Å²) in [6.07, 6.45) is -9.72. The van der Waals surface area contributed by atoms with Crippen molar-refractivity contribution < 1.29 is 104 Å². The van der Waals surface area contributed by atoms with Gasteiger partial charge >= 0.3 is 42.7 Å². The SMILES string of the molecule is O=c1ccn([C@@H]2O[C@H](COP(=O)(O)OP(=O)(O)O)C(O)C2O)c(=O)n1Cc1ccc(-c2ccccc2)o1.O=c1ccn([C@@H]2O[C@H](COP(=O)(O)OP(=O)(O)O)C(O)C2O)c(=O)n1Cc1cnc(-c2ccccc2)o1. The van der Waals surface area contributed by atoms with E-state index >= 15 is 0 Å².